The van der Waals surface area contributed by atoms with Gasteiger partial charge in [0.1, 0.15) is 16.4 Å². The first kappa shape index (κ1) is 26.8. The van der Waals surface area contributed by atoms with Crippen LogP contribution in [0, 0.1) is 11.8 Å². The highest BCUT2D eigenvalue weighted by molar-refractivity contribution is 7.17. The smallest absolute Gasteiger partial charge is 0.410 e. The van der Waals surface area contributed by atoms with Crippen LogP contribution in [0.15, 0.2) is 18.3 Å². The number of esters is 1. The fraction of sp³-hybridized carbons (Fsp3) is 0.577. The van der Waals surface area contributed by atoms with Gasteiger partial charge in [0, 0.05) is 30.8 Å². The number of hydrogen-bond acceptors (Lipinski definition) is 9. The molecule has 200 valence electrons. The van der Waals surface area contributed by atoms with Gasteiger partial charge in [-0.3, -0.25) is 4.79 Å². The van der Waals surface area contributed by atoms with Crippen LogP contribution in [0.25, 0.3) is 10.6 Å². The molecule has 2 fully saturated rings. The van der Waals surface area contributed by atoms with Crippen molar-refractivity contribution in [1.29, 1.82) is 0 Å². The third-order valence-electron chi connectivity index (χ3n) is 5.99. The number of anilines is 1. The second-order valence-electron chi connectivity index (χ2n) is 10.3. The van der Waals surface area contributed by atoms with E-state index in [1.54, 1.807) is 30.2 Å². The Hall–Kier alpha value is -3.21. The standard InChI is InChI=1S/C26H34N4O6S/c1-5-34-24(32)20-22(35-15-16-9-12-30(13-10-16)25(33)36-26(2,3)4)29-23(37-20)18-8-11-27-19(14-18)28-21(31)17-6-7-17/h8,11,14,16-17H,5-7,9-10,12-13,15H2,1-4H3,(H,27,28,31). The maximum absolute atomic E-state index is 12.6. The summed E-state index contributed by atoms with van der Waals surface area (Å²) >= 11 is 1.18. The first-order chi connectivity index (χ1) is 17.6. The highest BCUT2D eigenvalue weighted by atomic mass is 32.1. The third-order valence-corrected chi connectivity index (χ3v) is 7.05. The minimum atomic E-state index is -0.527. The number of rotatable bonds is 8. The van der Waals surface area contributed by atoms with Gasteiger partial charge in [-0.05, 0) is 71.4 Å². The van der Waals surface area contributed by atoms with E-state index in [-0.39, 0.29) is 36.3 Å². The number of carbonyl (C=O) groups excluding carboxylic acids is 3. The molecule has 3 heterocycles. The summed E-state index contributed by atoms with van der Waals surface area (Å²) in [6.45, 7) is 9.09. The average Bonchev–Trinajstić information content (AvgIpc) is 3.62. The van der Waals surface area contributed by atoms with Crippen LogP contribution >= 0.6 is 11.3 Å². The number of thiazole rings is 1. The summed E-state index contributed by atoms with van der Waals surface area (Å²) in [6, 6.07) is 3.51. The Morgan fingerprint density at radius 1 is 1.16 bits per heavy atom. The lowest BCUT2D eigenvalue weighted by Gasteiger charge is -2.33. The lowest BCUT2D eigenvalue weighted by Crippen LogP contribution is -2.42. The van der Waals surface area contributed by atoms with Crippen molar-refractivity contribution >= 4 is 35.1 Å². The van der Waals surface area contributed by atoms with Crippen molar-refractivity contribution in [2.45, 2.75) is 59.0 Å². The quantitative estimate of drug-likeness (QED) is 0.485. The molecule has 0 aromatic carbocycles. The molecule has 4 rings (SSSR count). The van der Waals surface area contributed by atoms with Gasteiger partial charge < -0.3 is 24.4 Å². The molecule has 1 N–H and O–H groups in total. The molecule has 2 aromatic heterocycles. The second-order valence-corrected chi connectivity index (χ2v) is 11.3. The topological polar surface area (TPSA) is 120 Å². The molecule has 2 aliphatic rings. The summed E-state index contributed by atoms with van der Waals surface area (Å²) in [6.07, 6.45) is 4.63. The fourth-order valence-electron chi connectivity index (χ4n) is 3.86. The fourth-order valence-corrected chi connectivity index (χ4v) is 4.77. The number of carbonyl (C=O) groups is 3. The second kappa shape index (κ2) is 11.5. The molecule has 0 spiro atoms. The Kier molecular flexibility index (Phi) is 8.31. The predicted octanol–water partition coefficient (Wildman–Crippen LogP) is 4.76. The maximum atomic E-state index is 12.6. The van der Waals surface area contributed by atoms with Crippen LogP contribution < -0.4 is 10.1 Å². The van der Waals surface area contributed by atoms with Crippen molar-refractivity contribution in [3.05, 3.63) is 23.2 Å². The number of nitrogens with zero attached hydrogens (tertiary/aromatic N) is 3. The molecular weight excluding hydrogens is 496 g/mol. The van der Waals surface area contributed by atoms with Gasteiger partial charge in [0.25, 0.3) is 0 Å². The largest absolute Gasteiger partial charge is 0.476 e. The first-order valence-electron chi connectivity index (χ1n) is 12.7. The monoisotopic (exact) mass is 530 g/mol. The summed E-state index contributed by atoms with van der Waals surface area (Å²) in [5.41, 5.74) is 0.193. The molecule has 2 amide bonds. The minimum Gasteiger partial charge on any atom is -0.476 e. The van der Waals surface area contributed by atoms with Gasteiger partial charge in [0.05, 0.1) is 13.2 Å². The highest BCUT2D eigenvalue weighted by Gasteiger charge is 2.30. The van der Waals surface area contributed by atoms with Gasteiger partial charge in [-0.1, -0.05) is 0 Å². The van der Waals surface area contributed by atoms with Crippen LogP contribution in [0.5, 0.6) is 5.88 Å². The van der Waals surface area contributed by atoms with E-state index in [2.05, 4.69) is 15.3 Å². The average molecular weight is 531 g/mol. The van der Waals surface area contributed by atoms with E-state index in [4.69, 9.17) is 14.2 Å². The molecule has 0 bridgehead atoms. The molecule has 1 aliphatic heterocycles. The highest BCUT2D eigenvalue weighted by Crippen LogP contribution is 2.35. The minimum absolute atomic E-state index is 0.0299. The van der Waals surface area contributed by atoms with Crippen LogP contribution in [0.1, 0.15) is 63.0 Å². The van der Waals surface area contributed by atoms with Crippen molar-refractivity contribution in [1.82, 2.24) is 14.9 Å². The van der Waals surface area contributed by atoms with Crippen molar-refractivity contribution < 1.29 is 28.6 Å². The summed E-state index contributed by atoms with van der Waals surface area (Å²) in [5, 5.41) is 3.41. The molecule has 0 atom stereocenters. The van der Waals surface area contributed by atoms with Crippen LogP contribution in [0.2, 0.25) is 0 Å². The van der Waals surface area contributed by atoms with Gasteiger partial charge >= 0.3 is 12.1 Å². The van der Waals surface area contributed by atoms with E-state index in [1.807, 2.05) is 20.8 Å². The summed E-state index contributed by atoms with van der Waals surface area (Å²) in [5.74, 6) is 0.436. The van der Waals surface area contributed by atoms with Crippen LogP contribution in [-0.2, 0) is 14.3 Å². The number of aromatic nitrogens is 2. The zero-order valence-corrected chi connectivity index (χ0v) is 22.6. The molecule has 37 heavy (non-hydrogen) atoms. The number of hydrogen-bond donors (Lipinski definition) is 1. The molecule has 0 unspecified atom stereocenters. The SMILES string of the molecule is CCOC(=O)c1sc(-c2ccnc(NC(=O)C3CC3)c2)nc1OCC1CCN(C(=O)OC(C)(C)C)CC1. The van der Waals surface area contributed by atoms with E-state index in [0.29, 0.717) is 35.4 Å². The number of ether oxygens (including phenoxy) is 3. The van der Waals surface area contributed by atoms with Crippen LogP contribution in [0.3, 0.4) is 0 Å². The van der Waals surface area contributed by atoms with Gasteiger partial charge in [0.2, 0.25) is 11.8 Å². The predicted molar refractivity (Wildman–Crippen MR) is 139 cm³/mol. The molecular formula is C26H34N4O6S. The van der Waals surface area contributed by atoms with Crippen LogP contribution in [-0.4, -0.2) is 64.7 Å². The van der Waals surface area contributed by atoms with E-state index in [1.165, 1.54) is 11.3 Å². The number of amides is 2. The van der Waals surface area contributed by atoms with Gasteiger partial charge in [-0.25, -0.2) is 19.6 Å². The van der Waals surface area contributed by atoms with Crippen molar-refractivity contribution in [3.63, 3.8) is 0 Å². The zero-order chi connectivity index (χ0) is 26.6. The zero-order valence-electron chi connectivity index (χ0n) is 21.7. The first-order valence-corrected chi connectivity index (χ1v) is 13.5. The van der Waals surface area contributed by atoms with Crippen molar-refractivity contribution in [2.75, 3.05) is 31.6 Å². The molecule has 11 heteroatoms. The van der Waals surface area contributed by atoms with E-state index >= 15 is 0 Å². The Balaban J connectivity index is 1.41. The van der Waals surface area contributed by atoms with Gasteiger partial charge in [-0.2, -0.15) is 0 Å². The lowest BCUT2D eigenvalue weighted by molar-refractivity contribution is -0.117. The Morgan fingerprint density at radius 2 is 1.89 bits per heavy atom. The number of pyridine rings is 1. The number of nitrogens with one attached hydrogen (secondary N) is 1. The Bertz CT molecular complexity index is 1130. The molecule has 1 aliphatic carbocycles. The molecule has 0 radical (unpaired) electrons. The molecule has 10 nitrogen and oxygen atoms in total. The maximum Gasteiger partial charge on any atom is 0.410 e. The third kappa shape index (κ3) is 7.41. The van der Waals surface area contributed by atoms with Crippen LogP contribution in [0.4, 0.5) is 10.6 Å². The summed E-state index contributed by atoms with van der Waals surface area (Å²) in [7, 11) is 0. The molecule has 1 saturated carbocycles. The lowest BCUT2D eigenvalue weighted by atomic mass is 9.98. The summed E-state index contributed by atoms with van der Waals surface area (Å²) < 4.78 is 16.7. The summed E-state index contributed by atoms with van der Waals surface area (Å²) in [4.78, 5) is 47.9. The Labute approximate surface area is 220 Å². The van der Waals surface area contributed by atoms with E-state index in [0.717, 1.165) is 31.2 Å². The molecule has 1 saturated heterocycles. The normalized spacial score (nSPS) is 16.3. The van der Waals surface area contributed by atoms with E-state index in [9.17, 15) is 14.4 Å². The number of piperidine rings is 1. The van der Waals surface area contributed by atoms with Crippen molar-refractivity contribution in [3.8, 4) is 16.5 Å². The Morgan fingerprint density at radius 3 is 2.54 bits per heavy atom. The van der Waals surface area contributed by atoms with Gasteiger partial charge in [-0.15, -0.1) is 11.3 Å². The van der Waals surface area contributed by atoms with E-state index < -0.39 is 11.6 Å². The van der Waals surface area contributed by atoms with Crippen molar-refractivity contribution in [2.24, 2.45) is 11.8 Å². The molecule has 2 aromatic rings. The van der Waals surface area contributed by atoms with Gasteiger partial charge in [0.15, 0.2) is 4.88 Å². The number of likely N-dealkylation sites (tertiary alicyclic amines) is 1.